The van der Waals surface area contributed by atoms with Crippen LogP contribution in [0, 0.1) is 0 Å². The molecular formula is C24H17N3OS. The highest BCUT2D eigenvalue weighted by molar-refractivity contribution is 7.13. The Morgan fingerprint density at radius 3 is 2.38 bits per heavy atom. The number of anilines is 1. The molecule has 0 amide bonds. The van der Waals surface area contributed by atoms with Gasteiger partial charge in [-0.3, -0.25) is 5.43 Å². The van der Waals surface area contributed by atoms with Crippen LogP contribution in [0.3, 0.4) is 0 Å². The monoisotopic (exact) mass is 395 g/mol. The molecule has 0 bridgehead atoms. The van der Waals surface area contributed by atoms with Gasteiger partial charge in [0.1, 0.15) is 10.6 Å². The van der Waals surface area contributed by atoms with Crippen LogP contribution in [0.15, 0.2) is 106 Å². The van der Waals surface area contributed by atoms with Crippen molar-refractivity contribution >= 4 is 28.0 Å². The van der Waals surface area contributed by atoms with E-state index in [4.69, 9.17) is 9.40 Å². The van der Waals surface area contributed by atoms with Gasteiger partial charge in [0.2, 0.25) is 5.55 Å². The number of rotatable bonds is 4. The molecular weight excluding hydrogens is 378 g/mol. The largest absolute Gasteiger partial charge is 0.436 e. The molecule has 5 heteroatoms. The van der Waals surface area contributed by atoms with E-state index < -0.39 is 0 Å². The van der Waals surface area contributed by atoms with E-state index in [1.807, 2.05) is 72.8 Å². The minimum absolute atomic E-state index is 0.501. The molecule has 4 nitrogen and oxygen atoms in total. The van der Waals surface area contributed by atoms with Gasteiger partial charge in [0.05, 0.1) is 16.9 Å². The molecule has 0 spiro atoms. The van der Waals surface area contributed by atoms with Crippen molar-refractivity contribution in [3.8, 4) is 21.8 Å². The maximum absolute atomic E-state index is 6.12. The molecule has 0 saturated carbocycles. The summed E-state index contributed by atoms with van der Waals surface area (Å²) in [6.07, 6.45) is 0. The topological polar surface area (TPSA) is 50.4 Å². The molecule has 0 radical (unpaired) electrons. The van der Waals surface area contributed by atoms with Crippen molar-refractivity contribution in [3.05, 3.63) is 102 Å². The third-order valence-electron chi connectivity index (χ3n) is 4.52. The van der Waals surface area contributed by atoms with Gasteiger partial charge in [0.25, 0.3) is 0 Å². The zero-order chi connectivity index (χ0) is 19.5. The van der Waals surface area contributed by atoms with E-state index in [1.165, 1.54) is 0 Å². The standard InChI is InChI=1S/C24H17N3OS/c1-3-9-17(10-4-1)21-16-29-24(25-21)20-15-18-11-7-8-14-22(18)28-23(20)27-26-19-12-5-2-6-13-19/h1-16,26H/b27-23-. The number of nitrogens with one attached hydrogen (secondary N) is 1. The van der Waals surface area contributed by atoms with E-state index in [0.29, 0.717) is 5.55 Å². The molecule has 0 atom stereocenters. The number of benzene rings is 3. The molecule has 2 heterocycles. The second-order valence-corrected chi connectivity index (χ2v) is 7.35. The van der Waals surface area contributed by atoms with E-state index in [-0.39, 0.29) is 0 Å². The number of nitrogens with zero attached hydrogens (tertiary/aromatic N) is 2. The summed E-state index contributed by atoms with van der Waals surface area (Å²) in [5.74, 6) is 0. The predicted octanol–water partition coefficient (Wildman–Crippen LogP) is 6.15. The Morgan fingerprint density at radius 2 is 1.55 bits per heavy atom. The fourth-order valence-electron chi connectivity index (χ4n) is 3.07. The average Bonchev–Trinajstić information content (AvgIpc) is 3.28. The molecule has 29 heavy (non-hydrogen) atoms. The van der Waals surface area contributed by atoms with Gasteiger partial charge in [-0.1, -0.05) is 66.7 Å². The molecule has 0 aliphatic carbocycles. The number of hydrogen-bond donors (Lipinski definition) is 1. The SMILES string of the molecule is c1ccc(N/N=c2\oc3ccccc3cc2-c2nc(-c3ccccc3)cs2)cc1. The summed E-state index contributed by atoms with van der Waals surface area (Å²) >= 11 is 1.58. The Balaban J connectivity index is 1.63. The van der Waals surface area contributed by atoms with Crippen LogP contribution >= 0.6 is 11.3 Å². The lowest BCUT2D eigenvalue weighted by Crippen LogP contribution is -2.09. The summed E-state index contributed by atoms with van der Waals surface area (Å²) in [5.41, 5.74) is 8.16. The normalized spacial score (nSPS) is 11.7. The lowest BCUT2D eigenvalue weighted by atomic mass is 10.1. The first-order chi connectivity index (χ1) is 14.4. The van der Waals surface area contributed by atoms with Crippen LogP contribution in [0.2, 0.25) is 0 Å². The molecule has 0 aliphatic heterocycles. The summed E-state index contributed by atoms with van der Waals surface area (Å²) in [6.45, 7) is 0. The zero-order valence-corrected chi connectivity index (χ0v) is 16.3. The Labute approximate surface area is 171 Å². The quantitative estimate of drug-likeness (QED) is 0.371. The number of hydrogen-bond acceptors (Lipinski definition) is 5. The van der Waals surface area contributed by atoms with Crippen molar-refractivity contribution < 1.29 is 4.42 Å². The Morgan fingerprint density at radius 1 is 0.828 bits per heavy atom. The fourth-order valence-corrected chi connectivity index (χ4v) is 3.91. The van der Waals surface area contributed by atoms with Crippen molar-refractivity contribution in [2.24, 2.45) is 5.10 Å². The van der Waals surface area contributed by atoms with E-state index >= 15 is 0 Å². The van der Waals surface area contributed by atoms with Gasteiger partial charge >= 0.3 is 0 Å². The van der Waals surface area contributed by atoms with Crippen LogP contribution < -0.4 is 11.0 Å². The van der Waals surface area contributed by atoms with Crippen molar-refractivity contribution in [2.45, 2.75) is 0 Å². The highest BCUT2D eigenvalue weighted by Crippen LogP contribution is 2.28. The molecule has 5 rings (SSSR count). The zero-order valence-electron chi connectivity index (χ0n) is 15.4. The summed E-state index contributed by atoms with van der Waals surface area (Å²) < 4.78 is 6.12. The first-order valence-electron chi connectivity index (χ1n) is 9.26. The molecule has 140 valence electrons. The van der Waals surface area contributed by atoms with Gasteiger partial charge in [-0.05, 0) is 24.3 Å². The van der Waals surface area contributed by atoms with Gasteiger partial charge in [0, 0.05) is 16.3 Å². The summed E-state index contributed by atoms with van der Waals surface area (Å²) in [6, 6.07) is 30.0. The van der Waals surface area contributed by atoms with Crippen molar-refractivity contribution in [1.82, 2.24) is 4.98 Å². The number of fused-ring (bicyclic) bond motifs is 1. The van der Waals surface area contributed by atoms with Crippen LogP contribution in [0.4, 0.5) is 5.69 Å². The van der Waals surface area contributed by atoms with Gasteiger partial charge in [-0.25, -0.2) is 4.98 Å². The van der Waals surface area contributed by atoms with Gasteiger partial charge in [-0.2, -0.15) is 0 Å². The molecule has 0 fully saturated rings. The van der Waals surface area contributed by atoms with Crippen LogP contribution in [0.25, 0.3) is 32.8 Å². The van der Waals surface area contributed by atoms with Crippen LogP contribution in [0.1, 0.15) is 0 Å². The van der Waals surface area contributed by atoms with E-state index in [1.54, 1.807) is 11.3 Å². The second-order valence-electron chi connectivity index (χ2n) is 6.50. The lowest BCUT2D eigenvalue weighted by Gasteiger charge is -2.04. The summed E-state index contributed by atoms with van der Waals surface area (Å²) in [4.78, 5) is 4.84. The summed E-state index contributed by atoms with van der Waals surface area (Å²) in [7, 11) is 0. The van der Waals surface area contributed by atoms with Crippen LogP contribution in [0.5, 0.6) is 0 Å². The molecule has 1 N–H and O–H groups in total. The van der Waals surface area contributed by atoms with Crippen molar-refractivity contribution in [3.63, 3.8) is 0 Å². The Hall–Kier alpha value is -3.70. The summed E-state index contributed by atoms with van der Waals surface area (Å²) in [5, 5.41) is 8.48. The predicted molar refractivity (Wildman–Crippen MR) is 118 cm³/mol. The maximum atomic E-state index is 6.12. The van der Waals surface area contributed by atoms with Crippen LogP contribution in [-0.2, 0) is 0 Å². The van der Waals surface area contributed by atoms with E-state index in [0.717, 1.165) is 38.5 Å². The first-order valence-corrected chi connectivity index (χ1v) is 10.1. The van der Waals surface area contributed by atoms with Crippen molar-refractivity contribution in [2.75, 3.05) is 5.43 Å². The number of thiazole rings is 1. The van der Waals surface area contributed by atoms with Crippen molar-refractivity contribution in [1.29, 1.82) is 0 Å². The molecule has 5 aromatic rings. The van der Waals surface area contributed by atoms with Gasteiger partial charge in [-0.15, -0.1) is 16.4 Å². The smallest absolute Gasteiger partial charge is 0.246 e. The third-order valence-corrected chi connectivity index (χ3v) is 5.40. The first kappa shape index (κ1) is 17.4. The van der Waals surface area contributed by atoms with E-state index in [9.17, 15) is 0 Å². The van der Waals surface area contributed by atoms with Gasteiger partial charge < -0.3 is 4.42 Å². The molecule has 0 unspecified atom stereocenters. The second kappa shape index (κ2) is 7.73. The fraction of sp³-hybridized carbons (Fsp3) is 0. The minimum Gasteiger partial charge on any atom is -0.436 e. The molecule has 0 aliphatic rings. The lowest BCUT2D eigenvalue weighted by molar-refractivity contribution is 0.543. The molecule has 3 aromatic carbocycles. The maximum Gasteiger partial charge on any atom is 0.246 e. The molecule has 2 aromatic heterocycles. The number of para-hydroxylation sites is 2. The Kier molecular flexibility index (Phi) is 4.64. The third kappa shape index (κ3) is 3.68. The average molecular weight is 395 g/mol. The Bertz CT molecular complexity index is 1320. The van der Waals surface area contributed by atoms with Crippen LogP contribution in [-0.4, -0.2) is 4.98 Å². The highest BCUT2D eigenvalue weighted by Gasteiger charge is 2.12. The van der Waals surface area contributed by atoms with Gasteiger partial charge in [0.15, 0.2) is 0 Å². The minimum atomic E-state index is 0.501. The highest BCUT2D eigenvalue weighted by atomic mass is 32.1. The number of aromatic nitrogens is 1. The molecule has 0 saturated heterocycles. The van der Waals surface area contributed by atoms with E-state index in [2.05, 4.69) is 34.1 Å².